The van der Waals surface area contributed by atoms with Gasteiger partial charge in [0.05, 0.1) is 23.2 Å². The van der Waals surface area contributed by atoms with Crippen molar-refractivity contribution in [3.63, 3.8) is 0 Å². The van der Waals surface area contributed by atoms with E-state index in [0.29, 0.717) is 30.2 Å². The summed E-state index contributed by atoms with van der Waals surface area (Å²) in [5, 5.41) is 4.22. The molecule has 1 N–H and O–H groups in total. The van der Waals surface area contributed by atoms with Crippen molar-refractivity contribution in [3.8, 4) is 28.5 Å². The molecule has 4 rings (SSSR count). The normalized spacial score (nSPS) is 13.2. The van der Waals surface area contributed by atoms with Gasteiger partial charge in [0.1, 0.15) is 18.1 Å². The molecule has 0 saturated carbocycles. The first-order valence-electron chi connectivity index (χ1n) is 8.28. The highest BCUT2D eigenvalue weighted by molar-refractivity contribution is 7.89. The molecular weight excluding hydrogens is 392 g/mol. The zero-order valence-corrected chi connectivity index (χ0v) is 15.5. The Labute approximate surface area is 159 Å². The number of rotatable bonds is 5. The summed E-state index contributed by atoms with van der Waals surface area (Å²) in [5.74, 6) is -1.26. The maximum Gasteiger partial charge on any atom is 0.240 e. The number of hydrogen-bond donors (Lipinski definition) is 1. The monoisotopic (exact) mass is 407 g/mol. The van der Waals surface area contributed by atoms with Gasteiger partial charge in [-0.2, -0.15) is 5.10 Å². The fourth-order valence-electron chi connectivity index (χ4n) is 2.86. The van der Waals surface area contributed by atoms with E-state index in [0.717, 1.165) is 12.1 Å². The van der Waals surface area contributed by atoms with E-state index in [1.807, 2.05) is 0 Å². The van der Waals surface area contributed by atoms with Crippen LogP contribution < -0.4 is 14.2 Å². The highest BCUT2D eigenvalue weighted by Gasteiger charge is 2.24. The molecule has 0 saturated heterocycles. The Morgan fingerprint density at radius 3 is 2.71 bits per heavy atom. The van der Waals surface area contributed by atoms with E-state index in [9.17, 15) is 17.2 Å². The molecule has 0 spiro atoms. The molecule has 2 heterocycles. The minimum Gasteiger partial charge on any atom is -0.475 e. The first-order chi connectivity index (χ1) is 13.4. The second kappa shape index (κ2) is 6.88. The van der Waals surface area contributed by atoms with Crippen LogP contribution in [0.4, 0.5) is 8.78 Å². The highest BCUT2D eigenvalue weighted by atomic mass is 32.2. The molecule has 0 radical (unpaired) electrons. The minimum absolute atomic E-state index is 0.0144. The molecule has 2 aromatic carbocycles. The van der Waals surface area contributed by atoms with Crippen LogP contribution in [0.15, 0.2) is 47.5 Å². The van der Waals surface area contributed by atoms with Crippen LogP contribution in [0.5, 0.6) is 17.4 Å². The second-order valence-electron chi connectivity index (χ2n) is 5.98. The largest absolute Gasteiger partial charge is 0.475 e. The minimum atomic E-state index is -3.71. The lowest BCUT2D eigenvalue weighted by atomic mass is 10.1. The van der Waals surface area contributed by atoms with Crippen LogP contribution in [-0.4, -0.2) is 31.9 Å². The predicted molar refractivity (Wildman–Crippen MR) is 95.8 cm³/mol. The van der Waals surface area contributed by atoms with Crippen molar-refractivity contribution < 1.29 is 26.7 Å². The fourth-order valence-corrected chi connectivity index (χ4v) is 3.62. The molecule has 0 fully saturated rings. The molecule has 0 unspecified atom stereocenters. The van der Waals surface area contributed by atoms with Crippen molar-refractivity contribution in [2.24, 2.45) is 0 Å². The molecule has 146 valence electrons. The van der Waals surface area contributed by atoms with Gasteiger partial charge in [0.15, 0.2) is 11.6 Å². The van der Waals surface area contributed by atoms with Crippen LogP contribution in [-0.2, 0) is 16.6 Å². The number of hydrogen-bond acceptors (Lipinski definition) is 5. The van der Waals surface area contributed by atoms with Gasteiger partial charge in [0.25, 0.3) is 0 Å². The Bertz CT molecular complexity index is 1160. The van der Waals surface area contributed by atoms with E-state index >= 15 is 0 Å². The maximum atomic E-state index is 13.5. The summed E-state index contributed by atoms with van der Waals surface area (Å²) in [7, 11) is -2.40. The van der Waals surface area contributed by atoms with Crippen LogP contribution in [0.2, 0.25) is 0 Å². The summed E-state index contributed by atoms with van der Waals surface area (Å²) >= 11 is 0. The van der Waals surface area contributed by atoms with Gasteiger partial charge in [-0.25, -0.2) is 26.6 Å². The van der Waals surface area contributed by atoms with Crippen molar-refractivity contribution in [2.75, 3.05) is 13.7 Å². The van der Waals surface area contributed by atoms with Crippen molar-refractivity contribution in [2.45, 2.75) is 11.4 Å². The van der Waals surface area contributed by atoms with Crippen LogP contribution in [0.25, 0.3) is 11.1 Å². The van der Waals surface area contributed by atoms with Gasteiger partial charge in [0, 0.05) is 11.6 Å². The average molecular weight is 407 g/mol. The predicted octanol–water partition coefficient (Wildman–Crippen LogP) is 2.92. The quantitative estimate of drug-likeness (QED) is 0.703. The van der Waals surface area contributed by atoms with E-state index in [1.165, 1.54) is 37.5 Å². The van der Waals surface area contributed by atoms with Crippen molar-refractivity contribution in [1.29, 1.82) is 0 Å². The standard InChI is InChI=1S/C18H15F2N3O4S/c1-21-28(24,25)12-3-5-17(27-11-2-4-15(19)16(20)8-11)13(9-12)14-10-22-23-6-7-26-18(14)23/h2-5,8-10,21H,6-7H2,1H3. The third kappa shape index (κ3) is 3.20. The first-order valence-corrected chi connectivity index (χ1v) is 9.77. The third-order valence-corrected chi connectivity index (χ3v) is 5.68. The third-order valence-electron chi connectivity index (χ3n) is 4.27. The summed E-state index contributed by atoms with van der Waals surface area (Å²) in [6.45, 7) is 1.02. The van der Waals surface area contributed by atoms with Gasteiger partial charge in [-0.1, -0.05) is 0 Å². The molecule has 0 amide bonds. The molecule has 3 aromatic rings. The molecule has 0 aliphatic carbocycles. The lowest BCUT2D eigenvalue weighted by Crippen LogP contribution is -2.18. The average Bonchev–Trinajstić information content (AvgIpc) is 3.29. The fraction of sp³-hybridized carbons (Fsp3) is 0.167. The number of nitrogens with zero attached hydrogens (tertiary/aromatic N) is 2. The van der Waals surface area contributed by atoms with Crippen molar-refractivity contribution in [3.05, 3.63) is 54.2 Å². The summed E-state index contributed by atoms with van der Waals surface area (Å²) in [4.78, 5) is 0.0144. The number of sulfonamides is 1. The zero-order valence-electron chi connectivity index (χ0n) is 14.6. The van der Waals surface area contributed by atoms with Gasteiger partial charge >= 0.3 is 0 Å². The van der Waals surface area contributed by atoms with Crippen LogP contribution in [0, 0.1) is 11.6 Å². The molecule has 0 atom stereocenters. The first kappa shape index (κ1) is 18.4. The second-order valence-corrected chi connectivity index (χ2v) is 7.87. The summed E-state index contributed by atoms with van der Waals surface area (Å²) < 4.78 is 66.3. The molecule has 10 heteroatoms. The lowest BCUT2D eigenvalue weighted by Gasteiger charge is -2.13. The van der Waals surface area contributed by atoms with Crippen LogP contribution in [0.1, 0.15) is 0 Å². The molecular formula is C18H15F2N3O4S. The van der Waals surface area contributed by atoms with Gasteiger partial charge in [-0.05, 0) is 37.4 Å². The Hall–Kier alpha value is -2.98. The van der Waals surface area contributed by atoms with Gasteiger partial charge < -0.3 is 9.47 Å². The summed E-state index contributed by atoms with van der Waals surface area (Å²) in [6, 6.07) is 7.36. The number of ether oxygens (including phenoxy) is 2. The van der Waals surface area contributed by atoms with Crippen molar-refractivity contribution >= 4 is 10.0 Å². The zero-order chi connectivity index (χ0) is 19.9. The summed E-state index contributed by atoms with van der Waals surface area (Å²) in [5.41, 5.74) is 0.924. The number of halogens is 2. The lowest BCUT2D eigenvalue weighted by molar-refractivity contribution is 0.358. The SMILES string of the molecule is CNS(=O)(=O)c1ccc(Oc2ccc(F)c(F)c2)c(-c2cnn3c2OCC3)c1. The Balaban J connectivity index is 1.84. The summed E-state index contributed by atoms with van der Waals surface area (Å²) in [6.07, 6.45) is 1.54. The van der Waals surface area contributed by atoms with Crippen LogP contribution in [0.3, 0.4) is 0 Å². The molecule has 28 heavy (non-hydrogen) atoms. The number of benzene rings is 2. The smallest absolute Gasteiger partial charge is 0.240 e. The van der Waals surface area contributed by atoms with Crippen molar-refractivity contribution in [1.82, 2.24) is 14.5 Å². The van der Waals surface area contributed by atoms with Gasteiger partial charge in [-0.15, -0.1) is 0 Å². The van der Waals surface area contributed by atoms with Crippen LogP contribution >= 0.6 is 0 Å². The van der Waals surface area contributed by atoms with E-state index in [4.69, 9.17) is 9.47 Å². The van der Waals surface area contributed by atoms with E-state index in [2.05, 4.69) is 9.82 Å². The van der Waals surface area contributed by atoms with E-state index in [-0.39, 0.29) is 16.4 Å². The Morgan fingerprint density at radius 2 is 1.96 bits per heavy atom. The number of nitrogens with one attached hydrogen (secondary N) is 1. The van der Waals surface area contributed by atoms with E-state index < -0.39 is 21.7 Å². The van der Waals surface area contributed by atoms with E-state index in [1.54, 1.807) is 4.68 Å². The number of fused-ring (bicyclic) bond motifs is 1. The Kier molecular flexibility index (Phi) is 4.52. The molecule has 1 aromatic heterocycles. The Morgan fingerprint density at radius 1 is 1.14 bits per heavy atom. The molecule has 0 bridgehead atoms. The highest BCUT2D eigenvalue weighted by Crippen LogP contribution is 2.41. The molecule has 1 aliphatic rings. The maximum absolute atomic E-state index is 13.5. The topological polar surface area (TPSA) is 82.5 Å². The van der Waals surface area contributed by atoms with Gasteiger partial charge in [0.2, 0.25) is 15.9 Å². The van der Waals surface area contributed by atoms with Gasteiger partial charge in [-0.3, -0.25) is 0 Å². The number of aromatic nitrogens is 2. The molecule has 7 nitrogen and oxygen atoms in total. The molecule has 1 aliphatic heterocycles.